The van der Waals surface area contributed by atoms with E-state index in [2.05, 4.69) is 20.6 Å². The van der Waals surface area contributed by atoms with Crippen LogP contribution in [0.2, 0.25) is 0 Å². The van der Waals surface area contributed by atoms with Gasteiger partial charge in [-0.3, -0.25) is 4.99 Å². The van der Waals surface area contributed by atoms with E-state index >= 15 is 0 Å². The summed E-state index contributed by atoms with van der Waals surface area (Å²) in [6, 6.07) is 2.02. The summed E-state index contributed by atoms with van der Waals surface area (Å²) in [7, 11) is 1.73. The van der Waals surface area contributed by atoms with Gasteiger partial charge >= 0.3 is 0 Å². The standard InChI is InChI=1S/C15H22N4O2/c1-9-6-13(12(4)20-9)7-17-15(16-5)18-8-14-19-10(2)11(3)21-14/h6H,7-8H2,1-5H3,(H2,16,17,18). The van der Waals surface area contributed by atoms with Gasteiger partial charge in [0, 0.05) is 19.2 Å². The second-order valence-electron chi connectivity index (χ2n) is 4.97. The topological polar surface area (TPSA) is 75.6 Å². The molecule has 0 saturated carbocycles. The minimum atomic E-state index is 0.498. The summed E-state index contributed by atoms with van der Waals surface area (Å²) >= 11 is 0. The first-order chi connectivity index (χ1) is 9.99. The van der Waals surface area contributed by atoms with Gasteiger partial charge in [0.25, 0.3) is 0 Å². The van der Waals surface area contributed by atoms with Crippen LogP contribution < -0.4 is 10.6 Å². The van der Waals surface area contributed by atoms with E-state index in [0.29, 0.717) is 24.9 Å². The van der Waals surface area contributed by atoms with Crippen molar-refractivity contribution < 1.29 is 8.83 Å². The number of nitrogens with one attached hydrogen (secondary N) is 2. The third-order valence-electron chi connectivity index (χ3n) is 3.29. The number of aliphatic imine (C=N–C) groups is 1. The monoisotopic (exact) mass is 290 g/mol. The maximum Gasteiger partial charge on any atom is 0.214 e. The molecule has 0 aliphatic carbocycles. The van der Waals surface area contributed by atoms with Crippen LogP contribution in [0, 0.1) is 27.7 Å². The first kappa shape index (κ1) is 15.2. The minimum Gasteiger partial charge on any atom is -0.466 e. The van der Waals surface area contributed by atoms with Crippen LogP contribution in [0.5, 0.6) is 0 Å². The predicted molar refractivity (Wildman–Crippen MR) is 81.2 cm³/mol. The van der Waals surface area contributed by atoms with E-state index in [1.54, 1.807) is 7.05 Å². The Kier molecular flexibility index (Phi) is 4.67. The Bertz CT molecular complexity index is 621. The van der Waals surface area contributed by atoms with Crippen LogP contribution in [0.4, 0.5) is 0 Å². The molecule has 0 amide bonds. The van der Waals surface area contributed by atoms with Gasteiger partial charge in [0.15, 0.2) is 5.96 Å². The van der Waals surface area contributed by atoms with Gasteiger partial charge in [0.1, 0.15) is 17.3 Å². The van der Waals surface area contributed by atoms with E-state index in [4.69, 9.17) is 8.83 Å². The highest BCUT2D eigenvalue weighted by Crippen LogP contribution is 2.13. The molecule has 0 fully saturated rings. The van der Waals surface area contributed by atoms with Crippen LogP contribution in [0.1, 0.15) is 34.4 Å². The molecule has 0 aliphatic rings. The third kappa shape index (κ3) is 3.87. The number of oxazole rings is 1. The van der Waals surface area contributed by atoms with Crippen molar-refractivity contribution in [2.75, 3.05) is 7.05 Å². The number of furan rings is 1. The molecule has 0 unspecified atom stereocenters. The highest BCUT2D eigenvalue weighted by molar-refractivity contribution is 5.79. The summed E-state index contributed by atoms with van der Waals surface area (Å²) in [5.74, 6) is 4.04. The molecule has 2 aromatic heterocycles. The summed E-state index contributed by atoms with van der Waals surface area (Å²) in [5, 5.41) is 6.42. The van der Waals surface area contributed by atoms with Crippen molar-refractivity contribution in [3.8, 4) is 0 Å². The Hall–Kier alpha value is -2.24. The zero-order chi connectivity index (χ0) is 15.4. The van der Waals surface area contributed by atoms with E-state index < -0.39 is 0 Å². The first-order valence-corrected chi connectivity index (χ1v) is 6.93. The molecule has 2 aromatic rings. The third-order valence-corrected chi connectivity index (χ3v) is 3.29. The van der Waals surface area contributed by atoms with Gasteiger partial charge < -0.3 is 19.5 Å². The summed E-state index contributed by atoms with van der Waals surface area (Å²) < 4.78 is 11.0. The van der Waals surface area contributed by atoms with Crippen molar-refractivity contribution in [2.45, 2.75) is 40.8 Å². The highest BCUT2D eigenvalue weighted by atomic mass is 16.4. The second-order valence-corrected chi connectivity index (χ2v) is 4.97. The quantitative estimate of drug-likeness (QED) is 0.668. The Morgan fingerprint density at radius 2 is 1.81 bits per heavy atom. The number of aryl methyl sites for hydroxylation is 4. The molecule has 0 atom stereocenters. The fraction of sp³-hybridized carbons (Fsp3) is 0.467. The molecule has 0 aromatic carbocycles. The van der Waals surface area contributed by atoms with Crippen LogP contribution in [-0.2, 0) is 13.1 Å². The molecule has 2 heterocycles. The summed E-state index contributed by atoms with van der Waals surface area (Å²) in [6.07, 6.45) is 0. The van der Waals surface area contributed by atoms with E-state index in [0.717, 1.165) is 28.5 Å². The molecule has 6 heteroatoms. The fourth-order valence-corrected chi connectivity index (χ4v) is 2.03. The highest BCUT2D eigenvalue weighted by Gasteiger charge is 2.08. The van der Waals surface area contributed by atoms with E-state index in [9.17, 15) is 0 Å². The molecule has 0 aliphatic heterocycles. The average Bonchev–Trinajstić information content (AvgIpc) is 2.92. The molecule has 0 saturated heterocycles. The van der Waals surface area contributed by atoms with Gasteiger partial charge in [0.05, 0.1) is 12.2 Å². The predicted octanol–water partition coefficient (Wildman–Crippen LogP) is 2.37. The van der Waals surface area contributed by atoms with Crippen molar-refractivity contribution in [3.63, 3.8) is 0 Å². The molecule has 0 bridgehead atoms. The maximum atomic E-state index is 5.52. The van der Waals surface area contributed by atoms with E-state index in [1.165, 1.54) is 0 Å². The number of guanidine groups is 1. The van der Waals surface area contributed by atoms with Crippen LogP contribution in [-0.4, -0.2) is 18.0 Å². The van der Waals surface area contributed by atoms with Crippen molar-refractivity contribution in [3.05, 3.63) is 40.5 Å². The van der Waals surface area contributed by atoms with Crippen LogP contribution in [0.3, 0.4) is 0 Å². The molecular weight excluding hydrogens is 268 g/mol. The van der Waals surface area contributed by atoms with Crippen LogP contribution in [0.25, 0.3) is 0 Å². The molecule has 2 N–H and O–H groups in total. The second kappa shape index (κ2) is 6.47. The van der Waals surface area contributed by atoms with Crippen LogP contribution >= 0.6 is 0 Å². The minimum absolute atomic E-state index is 0.498. The number of hydrogen-bond acceptors (Lipinski definition) is 4. The normalized spacial score (nSPS) is 11.8. The van der Waals surface area contributed by atoms with E-state index in [-0.39, 0.29) is 0 Å². The molecule has 0 radical (unpaired) electrons. The molecule has 21 heavy (non-hydrogen) atoms. The van der Waals surface area contributed by atoms with Gasteiger partial charge in [-0.2, -0.15) is 0 Å². The van der Waals surface area contributed by atoms with Crippen molar-refractivity contribution in [2.24, 2.45) is 4.99 Å². The SMILES string of the molecule is CN=C(NCc1nc(C)c(C)o1)NCc1cc(C)oc1C. The summed E-state index contributed by atoms with van der Waals surface area (Å²) in [5.41, 5.74) is 2.04. The lowest BCUT2D eigenvalue weighted by Crippen LogP contribution is -2.36. The summed E-state index contributed by atoms with van der Waals surface area (Å²) in [6.45, 7) is 8.89. The van der Waals surface area contributed by atoms with Crippen molar-refractivity contribution >= 4 is 5.96 Å². The van der Waals surface area contributed by atoms with Gasteiger partial charge in [-0.25, -0.2) is 4.98 Å². The van der Waals surface area contributed by atoms with Crippen molar-refractivity contribution in [1.29, 1.82) is 0 Å². The molecule has 6 nitrogen and oxygen atoms in total. The molecule has 0 spiro atoms. The van der Waals surface area contributed by atoms with Gasteiger partial charge in [0.2, 0.25) is 5.89 Å². The number of nitrogens with zero attached hydrogens (tertiary/aromatic N) is 2. The van der Waals surface area contributed by atoms with Gasteiger partial charge in [-0.15, -0.1) is 0 Å². The lowest BCUT2D eigenvalue weighted by Gasteiger charge is -2.10. The average molecular weight is 290 g/mol. The Morgan fingerprint density at radius 3 is 2.33 bits per heavy atom. The zero-order valence-electron chi connectivity index (χ0n) is 13.2. The van der Waals surface area contributed by atoms with Crippen molar-refractivity contribution in [1.82, 2.24) is 15.6 Å². The number of rotatable bonds is 4. The van der Waals surface area contributed by atoms with Gasteiger partial charge in [-0.1, -0.05) is 0 Å². The smallest absolute Gasteiger partial charge is 0.214 e. The molecule has 114 valence electrons. The Labute approximate surface area is 124 Å². The molecular formula is C15H22N4O2. The fourth-order valence-electron chi connectivity index (χ4n) is 2.03. The lowest BCUT2D eigenvalue weighted by molar-refractivity contribution is 0.463. The first-order valence-electron chi connectivity index (χ1n) is 6.93. The van der Waals surface area contributed by atoms with Gasteiger partial charge in [-0.05, 0) is 33.8 Å². The number of hydrogen-bond donors (Lipinski definition) is 2. The van der Waals surface area contributed by atoms with Crippen LogP contribution in [0.15, 0.2) is 19.9 Å². The van der Waals surface area contributed by atoms with E-state index in [1.807, 2.05) is 33.8 Å². The Morgan fingerprint density at radius 1 is 1.10 bits per heavy atom. The molecule has 2 rings (SSSR count). The Balaban J connectivity index is 1.87. The number of aromatic nitrogens is 1. The zero-order valence-corrected chi connectivity index (χ0v) is 13.2. The lowest BCUT2D eigenvalue weighted by atomic mass is 10.2. The largest absolute Gasteiger partial charge is 0.466 e. The maximum absolute atomic E-state index is 5.52. The summed E-state index contributed by atoms with van der Waals surface area (Å²) in [4.78, 5) is 8.50.